The van der Waals surface area contributed by atoms with Crippen molar-refractivity contribution in [3.05, 3.63) is 0 Å². The monoisotopic (exact) mass is 362 g/mol. The summed E-state index contributed by atoms with van der Waals surface area (Å²) in [6.07, 6.45) is 8.47. The molecule has 0 saturated carbocycles. The summed E-state index contributed by atoms with van der Waals surface area (Å²) >= 11 is 0. The first-order valence-electron chi connectivity index (χ1n) is 9.87. The molecule has 0 aliphatic carbocycles. The van der Waals surface area contributed by atoms with Gasteiger partial charge in [0.05, 0.1) is 13.2 Å². The number of epoxide rings is 1. The summed E-state index contributed by atoms with van der Waals surface area (Å²) < 4.78 is 28.8. The lowest BCUT2D eigenvalue weighted by Gasteiger charge is -2.29. The van der Waals surface area contributed by atoms with Crippen LogP contribution in [0.5, 0.6) is 0 Å². The van der Waals surface area contributed by atoms with Gasteiger partial charge in [0.25, 0.3) is 0 Å². The molecule has 1 aliphatic rings. The molecule has 1 atom stereocenters. The molecular weight excluding hydrogens is 324 g/mol. The third-order valence-electron chi connectivity index (χ3n) is 4.03. The molecule has 0 aromatic carbocycles. The van der Waals surface area contributed by atoms with E-state index in [1.54, 1.807) is 0 Å². The van der Waals surface area contributed by atoms with Crippen LogP contribution in [0.25, 0.3) is 0 Å². The first-order chi connectivity index (χ1) is 11.8. The minimum Gasteiger partial charge on any atom is -0.379 e. The summed E-state index contributed by atoms with van der Waals surface area (Å²) in [5.74, 6) is 0. The van der Waals surface area contributed by atoms with Gasteiger partial charge in [0, 0.05) is 32.5 Å². The van der Waals surface area contributed by atoms with Gasteiger partial charge in [0.1, 0.15) is 6.10 Å². The van der Waals surface area contributed by atoms with E-state index in [0.29, 0.717) is 19.3 Å². The molecule has 0 aromatic rings. The van der Waals surface area contributed by atoms with Gasteiger partial charge in [0.15, 0.2) is 0 Å². The van der Waals surface area contributed by atoms with Crippen molar-refractivity contribution in [1.29, 1.82) is 0 Å². The van der Waals surface area contributed by atoms with Crippen LogP contribution in [0.2, 0.25) is 6.04 Å². The van der Waals surface area contributed by atoms with Crippen molar-refractivity contribution in [2.24, 2.45) is 0 Å². The van der Waals surface area contributed by atoms with E-state index in [9.17, 15) is 0 Å². The van der Waals surface area contributed by atoms with Crippen LogP contribution in [0.15, 0.2) is 0 Å². The second kappa shape index (κ2) is 14.2. The summed E-state index contributed by atoms with van der Waals surface area (Å²) in [4.78, 5) is 0. The zero-order valence-electron chi connectivity index (χ0n) is 16.0. The Bertz CT molecular complexity index is 281. The highest BCUT2D eigenvalue weighted by atomic mass is 28.4. The molecule has 1 saturated heterocycles. The largest absolute Gasteiger partial charge is 0.500 e. The molecule has 1 aliphatic heterocycles. The molecule has 0 aromatic heterocycles. The van der Waals surface area contributed by atoms with Crippen molar-refractivity contribution >= 4 is 8.80 Å². The molecule has 0 radical (unpaired) electrons. The van der Waals surface area contributed by atoms with Crippen molar-refractivity contribution in [3.8, 4) is 0 Å². The average molecular weight is 363 g/mol. The summed E-state index contributed by atoms with van der Waals surface area (Å²) in [6, 6.07) is 0.944. The Labute approximate surface area is 149 Å². The smallest absolute Gasteiger partial charge is 0.379 e. The van der Waals surface area contributed by atoms with Crippen LogP contribution in [-0.2, 0) is 22.8 Å². The molecule has 1 rings (SSSR count). The van der Waals surface area contributed by atoms with Crippen molar-refractivity contribution < 1.29 is 22.8 Å². The van der Waals surface area contributed by atoms with Gasteiger partial charge in [-0.05, 0) is 39.5 Å². The van der Waals surface area contributed by atoms with Crippen molar-refractivity contribution in [2.45, 2.75) is 77.9 Å². The van der Waals surface area contributed by atoms with Crippen molar-refractivity contribution in [3.63, 3.8) is 0 Å². The second-order valence-electron chi connectivity index (χ2n) is 6.30. The maximum Gasteiger partial charge on any atom is 0.500 e. The maximum atomic E-state index is 6.18. The van der Waals surface area contributed by atoms with Crippen LogP contribution in [0.1, 0.15) is 65.7 Å². The van der Waals surface area contributed by atoms with E-state index in [-0.39, 0.29) is 0 Å². The lowest BCUT2D eigenvalue weighted by atomic mass is 10.2. The lowest BCUT2D eigenvalue weighted by molar-refractivity contribution is 0.0637. The van der Waals surface area contributed by atoms with Crippen LogP contribution < -0.4 is 0 Å². The van der Waals surface area contributed by atoms with Crippen LogP contribution in [0, 0.1) is 0 Å². The second-order valence-corrected chi connectivity index (χ2v) is 9.03. The van der Waals surface area contributed by atoms with Crippen molar-refractivity contribution in [1.82, 2.24) is 0 Å². The van der Waals surface area contributed by atoms with E-state index < -0.39 is 8.80 Å². The van der Waals surface area contributed by atoms with E-state index in [0.717, 1.165) is 58.2 Å². The molecule has 1 fully saturated rings. The minimum atomic E-state index is -2.48. The highest BCUT2D eigenvalue weighted by molar-refractivity contribution is 6.60. The number of hydrogen-bond acceptors (Lipinski definition) is 5. The molecule has 1 unspecified atom stereocenters. The molecule has 0 bridgehead atoms. The van der Waals surface area contributed by atoms with E-state index in [2.05, 4.69) is 6.92 Å². The zero-order valence-corrected chi connectivity index (χ0v) is 17.0. The van der Waals surface area contributed by atoms with E-state index in [4.69, 9.17) is 22.8 Å². The molecule has 1 heterocycles. The molecule has 5 nitrogen and oxygen atoms in total. The van der Waals surface area contributed by atoms with Gasteiger partial charge >= 0.3 is 8.80 Å². The van der Waals surface area contributed by atoms with E-state index in [1.165, 1.54) is 19.3 Å². The number of rotatable bonds is 18. The Morgan fingerprint density at radius 3 is 2.12 bits per heavy atom. The third kappa shape index (κ3) is 10.8. The van der Waals surface area contributed by atoms with Crippen molar-refractivity contribution in [2.75, 3.05) is 39.6 Å². The van der Waals surface area contributed by atoms with Crippen LogP contribution in [0.4, 0.5) is 0 Å². The Hall–Kier alpha value is 0.0169. The maximum absolute atomic E-state index is 6.18. The first-order valence-corrected chi connectivity index (χ1v) is 11.8. The standard InChI is InChI=1S/C18H38O5Si/c1-4-7-8-12-15-24(21-5-2,22-6-3)23-14-11-9-10-13-19-16-18-17-20-18/h18H,4-17H2,1-3H3. The van der Waals surface area contributed by atoms with Crippen LogP contribution >= 0.6 is 0 Å². The van der Waals surface area contributed by atoms with Gasteiger partial charge in [-0.1, -0.05) is 26.2 Å². The quantitative estimate of drug-likeness (QED) is 0.208. The SMILES string of the molecule is CCCCCC[Si](OCC)(OCC)OCCCCCOCC1CO1. The first kappa shape index (κ1) is 22.1. The predicted molar refractivity (Wildman–Crippen MR) is 98.3 cm³/mol. The number of ether oxygens (including phenoxy) is 2. The Kier molecular flexibility index (Phi) is 13.1. The van der Waals surface area contributed by atoms with Gasteiger partial charge in [-0.15, -0.1) is 0 Å². The van der Waals surface area contributed by atoms with Gasteiger partial charge in [-0.3, -0.25) is 0 Å². The molecule has 6 heteroatoms. The van der Waals surface area contributed by atoms with Gasteiger partial charge in [-0.25, -0.2) is 0 Å². The fourth-order valence-electron chi connectivity index (χ4n) is 2.64. The van der Waals surface area contributed by atoms with Gasteiger partial charge < -0.3 is 22.8 Å². The molecular formula is C18H38O5Si. The third-order valence-corrected chi connectivity index (χ3v) is 7.09. The Morgan fingerprint density at radius 1 is 0.833 bits per heavy atom. The normalized spacial score (nSPS) is 17.4. The minimum absolute atomic E-state index is 0.366. The number of hydrogen-bond donors (Lipinski definition) is 0. The summed E-state index contributed by atoms with van der Waals surface area (Å²) in [6.45, 7) is 10.8. The van der Waals surface area contributed by atoms with Gasteiger partial charge in [0.2, 0.25) is 0 Å². The highest BCUT2D eigenvalue weighted by Gasteiger charge is 2.39. The Morgan fingerprint density at radius 2 is 1.50 bits per heavy atom. The molecule has 0 spiro atoms. The summed E-state index contributed by atoms with van der Waals surface area (Å²) in [7, 11) is -2.48. The van der Waals surface area contributed by atoms with Gasteiger partial charge in [-0.2, -0.15) is 0 Å². The summed E-state index contributed by atoms with van der Waals surface area (Å²) in [5.41, 5.74) is 0. The van der Waals surface area contributed by atoms with Crippen LogP contribution in [-0.4, -0.2) is 54.5 Å². The molecule has 144 valence electrons. The fourth-order valence-corrected chi connectivity index (χ4v) is 5.34. The summed E-state index contributed by atoms with van der Waals surface area (Å²) in [5, 5.41) is 0. The topological polar surface area (TPSA) is 49.5 Å². The average Bonchev–Trinajstić information content (AvgIpc) is 3.39. The van der Waals surface area contributed by atoms with E-state index >= 15 is 0 Å². The van der Waals surface area contributed by atoms with Crippen LogP contribution in [0.3, 0.4) is 0 Å². The highest BCUT2D eigenvalue weighted by Crippen LogP contribution is 2.21. The Balaban J connectivity index is 2.15. The number of unbranched alkanes of at least 4 members (excludes halogenated alkanes) is 5. The fraction of sp³-hybridized carbons (Fsp3) is 1.00. The molecule has 24 heavy (non-hydrogen) atoms. The zero-order chi connectivity index (χ0) is 17.5. The molecule has 0 amide bonds. The lowest BCUT2D eigenvalue weighted by Crippen LogP contribution is -2.46. The predicted octanol–water partition coefficient (Wildman–Crippen LogP) is 4.18. The molecule has 0 N–H and O–H groups in total. The van der Waals surface area contributed by atoms with E-state index in [1.807, 2.05) is 13.8 Å².